The minimum atomic E-state index is -4.00. The van der Waals surface area contributed by atoms with Crippen molar-refractivity contribution in [2.45, 2.75) is 54.0 Å². The maximum Gasteiger partial charge on any atom is 0.231 e. The molecule has 0 spiro atoms. The first-order chi connectivity index (χ1) is 15.3. The Morgan fingerprint density at radius 1 is 1.00 bits per heavy atom. The van der Waals surface area contributed by atoms with Crippen LogP contribution in [0, 0.1) is 11.3 Å². The summed E-state index contributed by atoms with van der Waals surface area (Å²) in [6.45, 7) is 11.1. The molecule has 1 aromatic rings. The van der Waals surface area contributed by atoms with Crippen LogP contribution >= 0.6 is 0 Å². The third kappa shape index (κ3) is 4.71. The van der Waals surface area contributed by atoms with Gasteiger partial charge in [0.2, 0.25) is 9.81 Å². The van der Waals surface area contributed by atoms with Crippen LogP contribution < -0.4 is 0 Å². The summed E-state index contributed by atoms with van der Waals surface area (Å²) in [7, 11) is -7.94. The molecular formula is C25H33NO5S2. The van der Waals surface area contributed by atoms with Gasteiger partial charge in [0.05, 0.1) is 26.1 Å². The number of Topliss-reactive ketones (excluding diaryl/α,β-unsaturated/α-hetero) is 1. The van der Waals surface area contributed by atoms with Gasteiger partial charge in [-0.3, -0.25) is 4.79 Å². The fraction of sp³-hybridized carbons (Fsp3) is 0.480. The zero-order valence-electron chi connectivity index (χ0n) is 20.1. The molecule has 0 saturated heterocycles. The first-order valence-corrected chi connectivity index (χ1v) is 14.6. The minimum Gasteiger partial charge on any atom is -0.610 e. The molecule has 3 rings (SSSR count). The molecule has 33 heavy (non-hydrogen) atoms. The highest BCUT2D eigenvalue weighted by Crippen LogP contribution is 2.48. The van der Waals surface area contributed by atoms with Gasteiger partial charge in [0.15, 0.2) is 11.8 Å². The Hall–Kier alpha value is -1.87. The van der Waals surface area contributed by atoms with E-state index in [4.69, 9.17) is 0 Å². The Bertz CT molecular complexity index is 1120. The maximum absolute atomic E-state index is 13.7. The third-order valence-corrected chi connectivity index (χ3v) is 10.2. The lowest BCUT2D eigenvalue weighted by Crippen LogP contribution is -2.39. The van der Waals surface area contributed by atoms with E-state index in [0.29, 0.717) is 5.56 Å². The highest BCUT2D eigenvalue weighted by atomic mass is 32.3. The molecule has 0 saturated carbocycles. The average molecular weight is 492 g/mol. The van der Waals surface area contributed by atoms with Gasteiger partial charge < -0.3 is 14.0 Å². The van der Waals surface area contributed by atoms with Gasteiger partial charge in [-0.15, -0.1) is 8.42 Å². The van der Waals surface area contributed by atoms with E-state index in [2.05, 4.69) is 0 Å². The number of fused-ring (bicyclic) bond motifs is 1. The van der Waals surface area contributed by atoms with Crippen molar-refractivity contribution >= 4 is 26.2 Å². The number of carbonyl (C=O) groups excluding carboxylic acids is 1. The second-order valence-corrected chi connectivity index (χ2v) is 14.0. The first kappa shape index (κ1) is 25.7. The largest absolute Gasteiger partial charge is 0.610 e. The molecular weight excluding hydrogens is 458 g/mol. The lowest BCUT2D eigenvalue weighted by Gasteiger charge is -2.33. The third-order valence-electron chi connectivity index (χ3n) is 6.35. The lowest BCUT2D eigenvalue weighted by molar-refractivity contribution is 0.0927. The number of allylic oxidation sites excluding steroid dienone is 2. The number of benzene rings is 1. The highest BCUT2D eigenvalue weighted by molar-refractivity contribution is 8.05. The molecule has 180 valence electrons. The molecule has 0 fully saturated rings. The minimum absolute atomic E-state index is 0.117. The first-order valence-electron chi connectivity index (χ1n) is 11.3. The molecule has 0 amide bonds. The van der Waals surface area contributed by atoms with Crippen LogP contribution in [-0.4, -0.2) is 37.3 Å². The van der Waals surface area contributed by atoms with Gasteiger partial charge in [-0.2, -0.15) is 0 Å². The normalized spacial score (nSPS) is 24.2. The topological polar surface area (TPSA) is 101 Å². The van der Waals surface area contributed by atoms with E-state index >= 15 is 0 Å². The zero-order chi connectivity index (χ0) is 24.8. The molecule has 4 unspecified atom stereocenters. The molecule has 4 atom stereocenters. The van der Waals surface area contributed by atoms with Crippen molar-refractivity contribution in [3.05, 3.63) is 69.3 Å². The number of nitrogens with zero attached hydrogens (tertiary/aromatic N) is 1. The van der Waals surface area contributed by atoms with Gasteiger partial charge in [0.1, 0.15) is 11.5 Å². The van der Waals surface area contributed by atoms with Crippen molar-refractivity contribution in [1.82, 2.24) is 4.90 Å². The number of hydrogen-bond acceptors (Lipinski definition) is 6. The van der Waals surface area contributed by atoms with Crippen molar-refractivity contribution in [2.24, 2.45) is 11.3 Å². The van der Waals surface area contributed by atoms with Gasteiger partial charge in [-0.1, -0.05) is 58.0 Å². The van der Waals surface area contributed by atoms with E-state index in [1.807, 2.05) is 45.9 Å². The maximum atomic E-state index is 13.7. The van der Waals surface area contributed by atoms with Gasteiger partial charge in [0, 0.05) is 17.7 Å². The number of sulfone groups is 2. The Kier molecular flexibility index (Phi) is 7.07. The van der Waals surface area contributed by atoms with Crippen LogP contribution in [0.25, 0.3) is 0 Å². The van der Waals surface area contributed by atoms with Crippen LogP contribution in [0.5, 0.6) is 0 Å². The summed E-state index contributed by atoms with van der Waals surface area (Å²) >= 11 is 0. The molecule has 1 aromatic carbocycles. The van der Waals surface area contributed by atoms with E-state index in [1.165, 1.54) is 18.7 Å². The Morgan fingerprint density at radius 3 is 2.06 bits per heavy atom. The summed E-state index contributed by atoms with van der Waals surface area (Å²) < 4.78 is 53.1. The molecule has 6 nitrogen and oxygen atoms in total. The van der Waals surface area contributed by atoms with Crippen LogP contribution in [0.4, 0.5) is 0 Å². The quantitative estimate of drug-likeness (QED) is 0.405. The van der Waals surface area contributed by atoms with Gasteiger partial charge in [-0.25, -0.2) is 0 Å². The van der Waals surface area contributed by atoms with Crippen molar-refractivity contribution in [2.75, 3.05) is 11.5 Å². The zero-order valence-corrected chi connectivity index (χ0v) is 21.8. The summed E-state index contributed by atoms with van der Waals surface area (Å²) in [5, 5.41) is 0. The van der Waals surface area contributed by atoms with E-state index in [0.717, 1.165) is 12.0 Å². The number of ketones is 1. The molecule has 0 aromatic heterocycles. The van der Waals surface area contributed by atoms with Crippen LogP contribution in [0.2, 0.25) is 0 Å². The summed E-state index contributed by atoms with van der Waals surface area (Å²) in [4.78, 5) is 14.7. The molecule has 2 aliphatic heterocycles. The SMILES string of the molecule is CCc1ccc(C(=O)C2C([S+](=O)([O-])CC)=C([S+](=O)([O-])CC)C3=CC(C(C)(C)C)C=CN32)cc1. The predicted molar refractivity (Wildman–Crippen MR) is 132 cm³/mol. The number of rotatable bonds is 7. The van der Waals surface area contributed by atoms with Crippen LogP contribution in [0.3, 0.4) is 0 Å². The van der Waals surface area contributed by atoms with Crippen LogP contribution in [0.1, 0.15) is 57.5 Å². The van der Waals surface area contributed by atoms with E-state index < -0.39 is 32.3 Å². The van der Waals surface area contributed by atoms with Crippen molar-refractivity contribution < 1.29 is 22.3 Å². The van der Waals surface area contributed by atoms with Crippen molar-refractivity contribution in [3.63, 3.8) is 0 Å². The number of aryl methyl sites for hydroxylation is 1. The van der Waals surface area contributed by atoms with Crippen molar-refractivity contribution in [3.8, 4) is 0 Å². The smallest absolute Gasteiger partial charge is 0.231 e. The number of hydrogen-bond donors (Lipinski definition) is 0. The Balaban J connectivity index is 2.29. The number of carbonyl (C=O) groups is 1. The molecule has 0 bridgehead atoms. The standard InChI is InChI=1S/C25H33NO5S2/c1-7-17-10-12-18(13-11-17)22(27)21-24(33(30,31)9-3)23(32(28,29)8-2)20-16-19(25(4,5)6)14-15-26(20)21/h10-16,19,21H,7-9H2,1-6H3. The Morgan fingerprint density at radius 2 is 1.58 bits per heavy atom. The summed E-state index contributed by atoms with van der Waals surface area (Å²) in [5.41, 5.74) is 1.48. The molecule has 0 radical (unpaired) electrons. The molecule has 2 heterocycles. The Labute approximate surface area is 199 Å². The molecule has 0 aliphatic carbocycles. The fourth-order valence-electron chi connectivity index (χ4n) is 4.14. The second kappa shape index (κ2) is 9.06. The van der Waals surface area contributed by atoms with E-state index in [-0.39, 0.29) is 38.3 Å². The summed E-state index contributed by atoms with van der Waals surface area (Å²) in [6.07, 6.45) is 6.18. The van der Waals surface area contributed by atoms with E-state index in [1.54, 1.807) is 24.4 Å². The molecule has 8 heteroatoms. The molecule has 0 N–H and O–H groups in total. The van der Waals surface area contributed by atoms with Crippen LogP contribution in [-0.2, 0) is 35.3 Å². The van der Waals surface area contributed by atoms with E-state index in [9.17, 15) is 22.3 Å². The monoisotopic (exact) mass is 491 g/mol. The van der Waals surface area contributed by atoms with Crippen LogP contribution in [0.15, 0.2) is 58.1 Å². The van der Waals surface area contributed by atoms with Gasteiger partial charge >= 0.3 is 0 Å². The average Bonchev–Trinajstić information content (AvgIpc) is 3.14. The van der Waals surface area contributed by atoms with Crippen molar-refractivity contribution in [1.29, 1.82) is 0 Å². The summed E-state index contributed by atoms with van der Waals surface area (Å²) in [5.74, 6) is -1.10. The second-order valence-electron chi connectivity index (χ2n) is 9.51. The summed E-state index contributed by atoms with van der Waals surface area (Å²) in [6, 6.07) is 5.78. The fourth-order valence-corrected chi connectivity index (χ4v) is 7.36. The molecule has 2 aliphatic rings. The highest BCUT2D eigenvalue weighted by Gasteiger charge is 2.55. The van der Waals surface area contributed by atoms with Gasteiger partial charge in [-0.05, 0) is 37.3 Å². The lowest BCUT2D eigenvalue weighted by atomic mass is 9.79. The van der Waals surface area contributed by atoms with Gasteiger partial charge in [0.25, 0.3) is 0 Å². The predicted octanol–water partition coefficient (Wildman–Crippen LogP) is 4.70.